The van der Waals surface area contributed by atoms with Crippen LogP contribution in [0.5, 0.6) is 0 Å². The molecule has 0 aliphatic carbocycles. The van der Waals surface area contributed by atoms with Crippen molar-refractivity contribution in [3.05, 3.63) is 29.8 Å². The van der Waals surface area contributed by atoms with Gasteiger partial charge in [-0.2, -0.15) is 4.31 Å². The second kappa shape index (κ2) is 7.22. The highest BCUT2D eigenvalue weighted by molar-refractivity contribution is 7.89. The number of benzene rings is 1. The maximum atomic E-state index is 12.3. The fraction of sp³-hybridized carbons (Fsp3) is 0.462. The number of hydrogen-bond acceptors (Lipinski definition) is 5. The Hall–Kier alpha value is -1.15. The summed E-state index contributed by atoms with van der Waals surface area (Å²) in [5.74, 6) is -0.459. The van der Waals surface area contributed by atoms with E-state index in [2.05, 4.69) is 0 Å². The maximum Gasteiger partial charge on any atom is 0.338 e. The Morgan fingerprint density at radius 2 is 2.00 bits per heavy atom. The molecule has 118 valence electrons. The Balaban J connectivity index is 0.00000220. The van der Waals surface area contributed by atoms with Crippen molar-refractivity contribution < 1.29 is 17.9 Å². The molecular formula is C13H19ClN2O4S. The van der Waals surface area contributed by atoms with E-state index < -0.39 is 16.0 Å². The zero-order valence-electron chi connectivity index (χ0n) is 11.7. The van der Waals surface area contributed by atoms with Crippen molar-refractivity contribution in [1.29, 1.82) is 0 Å². The second-order valence-electron chi connectivity index (χ2n) is 4.66. The third kappa shape index (κ3) is 3.94. The number of ether oxygens (including phenoxy) is 1. The summed E-state index contributed by atoms with van der Waals surface area (Å²) >= 11 is 0. The van der Waals surface area contributed by atoms with Gasteiger partial charge < -0.3 is 10.5 Å². The van der Waals surface area contributed by atoms with Crippen molar-refractivity contribution in [2.24, 2.45) is 5.73 Å². The fourth-order valence-electron chi connectivity index (χ4n) is 2.10. The normalized spacial score (nSPS) is 19.0. The third-order valence-corrected chi connectivity index (χ3v) is 5.07. The van der Waals surface area contributed by atoms with Gasteiger partial charge >= 0.3 is 5.97 Å². The Morgan fingerprint density at radius 1 is 1.38 bits per heavy atom. The standard InChI is InChI=1S/C13H18N2O4S.ClH/c1-2-19-13(16)10-3-5-12(6-4-10)20(17,18)15-8-7-11(14)9-15;/h3-6,11H,2,7-9,14H2,1H3;1H/t11-;/m1./s1. The van der Waals surface area contributed by atoms with Gasteiger partial charge in [-0.3, -0.25) is 0 Å². The predicted octanol–water partition coefficient (Wildman–Crippen LogP) is 1.01. The lowest BCUT2D eigenvalue weighted by Gasteiger charge is -2.16. The molecule has 1 aliphatic rings. The molecule has 0 saturated carbocycles. The van der Waals surface area contributed by atoms with Gasteiger partial charge in [0.25, 0.3) is 0 Å². The summed E-state index contributed by atoms with van der Waals surface area (Å²) in [6.45, 7) is 2.77. The van der Waals surface area contributed by atoms with E-state index in [1.165, 1.54) is 28.6 Å². The Morgan fingerprint density at radius 3 is 2.48 bits per heavy atom. The number of hydrogen-bond donors (Lipinski definition) is 1. The van der Waals surface area contributed by atoms with Gasteiger partial charge in [0.15, 0.2) is 0 Å². The molecule has 1 fully saturated rings. The van der Waals surface area contributed by atoms with Crippen molar-refractivity contribution in [1.82, 2.24) is 4.31 Å². The van der Waals surface area contributed by atoms with Gasteiger partial charge in [0.05, 0.1) is 17.1 Å². The Kier molecular flexibility index (Phi) is 6.15. The quantitative estimate of drug-likeness (QED) is 0.830. The molecular weight excluding hydrogens is 316 g/mol. The lowest BCUT2D eigenvalue weighted by molar-refractivity contribution is 0.0526. The van der Waals surface area contributed by atoms with Gasteiger partial charge in [-0.05, 0) is 37.6 Å². The highest BCUT2D eigenvalue weighted by Crippen LogP contribution is 2.21. The minimum atomic E-state index is -3.53. The van der Waals surface area contributed by atoms with Crippen LogP contribution < -0.4 is 5.73 Å². The number of halogens is 1. The largest absolute Gasteiger partial charge is 0.462 e. The van der Waals surface area contributed by atoms with E-state index in [9.17, 15) is 13.2 Å². The highest BCUT2D eigenvalue weighted by Gasteiger charge is 2.30. The molecule has 0 bridgehead atoms. The number of carbonyl (C=O) groups excluding carboxylic acids is 1. The maximum absolute atomic E-state index is 12.3. The first-order valence-corrected chi connectivity index (χ1v) is 7.92. The molecule has 0 aromatic heterocycles. The number of esters is 1. The molecule has 0 amide bonds. The average molecular weight is 335 g/mol. The molecule has 8 heteroatoms. The lowest BCUT2D eigenvalue weighted by Crippen LogP contribution is -2.31. The van der Waals surface area contributed by atoms with E-state index in [0.717, 1.165) is 0 Å². The molecule has 0 spiro atoms. The summed E-state index contributed by atoms with van der Waals surface area (Å²) in [4.78, 5) is 11.7. The molecule has 6 nitrogen and oxygen atoms in total. The van der Waals surface area contributed by atoms with Crippen LogP contribution >= 0.6 is 12.4 Å². The van der Waals surface area contributed by atoms with Crippen molar-refractivity contribution >= 4 is 28.4 Å². The minimum Gasteiger partial charge on any atom is -0.462 e. The first kappa shape index (κ1) is 17.9. The van der Waals surface area contributed by atoms with Crippen LogP contribution in [0.3, 0.4) is 0 Å². The number of nitrogens with two attached hydrogens (primary N) is 1. The van der Waals surface area contributed by atoms with Crippen molar-refractivity contribution in [3.8, 4) is 0 Å². The molecule has 0 unspecified atom stereocenters. The zero-order chi connectivity index (χ0) is 14.8. The van der Waals surface area contributed by atoms with Crippen LogP contribution in [0, 0.1) is 0 Å². The molecule has 1 heterocycles. The van der Waals surface area contributed by atoms with Gasteiger partial charge in [0.2, 0.25) is 10.0 Å². The van der Waals surface area contributed by atoms with Crippen LogP contribution in [0.4, 0.5) is 0 Å². The average Bonchev–Trinajstić information content (AvgIpc) is 2.86. The molecule has 1 aliphatic heterocycles. The van der Waals surface area contributed by atoms with Crippen LogP contribution in [-0.4, -0.2) is 44.4 Å². The van der Waals surface area contributed by atoms with Gasteiger partial charge in [-0.15, -0.1) is 12.4 Å². The van der Waals surface area contributed by atoms with Crippen LogP contribution in [0.2, 0.25) is 0 Å². The van der Waals surface area contributed by atoms with E-state index >= 15 is 0 Å². The topological polar surface area (TPSA) is 89.7 Å². The second-order valence-corrected chi connectivity index (χ2v) is 6.59. The summed E-state index contributed by atoms with van der Waals surface area (Å²) in [5.41, 5.74) is 6.07. The van der Waals surface area contributed by atoms with Gasteiger partial charge in [0, 0.05) is 19.1 Å². The van der Waals surface area contributed by atoms with Gasteiger partial charge in [-0.1, -0.05) is 0 Å². The summed E-state index contributed by atoms with van der Waals surface area (Å²) < 4.78 is 30.9. The molecule has 0 radical (unpaired) electrons. The van der Waals surface area contributed by atoms with Crippen molar-refractivity contribution in [3.63, 3.8) is 0 Å². The predicted molar refractivity (Wildman–Crippen MR) is 81.0 cm³/mol. The van der Waals surface area contributed by atoms with Crippen LogP contribution in [0.15, 0.2) is 29.2 Å². The van der Waals surface area contributed by atoms with Gasteiger partial charge in [-0.25, -0.2) is 13.2 Å². The molecule has 2 N–H and O–H groups in total. The third-order valence-electron chi connectivity index (χ3n) is 3.19. The Labute approximate surface area is 130 Å². The summed E-state index contributed by atoms with van der Waals surface area (Å²) in [6, 6.07) is 5.65. The SMILES string of the molecule is CCOC(=O)c1ccc(S(=O)(=O)N2CC[C@@H](N)C2)cc1.Cl. The summed E-state index contributed by atoms with van der Waals surface area (Å²) in [6.07, 6.45) is 0.667. The van der Waals surface area contributed by atoms with Crippen LogP contribution in [0.1, 0.15) is 23.7 Å². The first-order chi connectivity index (χ1) is 9.45. The van der Waals surface area contributed by atoms with E-state index in [1.807, 2.05) is 0 Å². The molecule has 1 aromatic carbocycles. The van der Waals surface area contributed by atoms with Crippen LogP contribution in [-0.2, 0) is 14.8 Å². The smallest absolute Gasteiger partial charge is 0.338 e. The number of rotatable bonds is 4. The lowest BCUT2D eigenvalue weighted by atomic mass is 10.2. The molecule has 1 saturated heterocycles. The van der Waals surface area contributed by atoms with E-state index in [0.29, 0.717) is 25.1 Å². The number of nitrogens with zero attached hydrogens (tertiary/aromatic N) is 1. The summed E-state index contributed by atoms with van der Waals surface area (Å²) in [7, 11) is -3.53. The van der Waals surface area contributed by atoms with Crippen molar-refractivity contribution in [2.75, 3.05) is 19.7 Å². The minimum absolute atomic E-state index is 0. The van der Waals surface area contributed by atoms with Gasteiger partial charge in [0.1, 0.15) is 0 Å². The monoisotopic (exact) mass is 334 g/mol. The highest BCUT2D eigenvalue weighted by atomic mass is 35.5. The molecule has 1 atom stereocenters. The molecule has 2 rings (SSSR count). The zero-order valence-corrected chi connectivity index (χ0v) is 13.3. The molecule has 1 aromatic rings. The van der Waals surface area contributed by atoms with Crippen molar-refractivity contribution in [2.45, 2.75) is 24.3 Å². The van der Waals surface area contributed by atoms with E-state index in [-0.39, 0.29) is 30.0 Å². The van der Waals surface area contributed by atoms with Crippen LogP contribution in [0.25, 0.3) is 0 Å². The number of carbonyl (C=O) groups is 1. The number of sulfonamides is 1. The molecule has 21 heavy (non-hydrogen) atoms. The van der Waals surface area contributed by atoms with E-state index in [4.69, 9.17) is 10.5 Å². The summed E-state index contributed by atoms with van der Waals surface area (Å²) in [5, 5.41) is 0. The fourth-order valence-corrected chi connectivity index (χ4v) is 3.61. The Bertz CT molecular complexity index is 589. The first-order valence-electron chi connectivity index (χ1n) is 6.48. The van der Waals surface area contributed by atoms with E-state index in [1.54, 1.807) is 6.92 Å².